The van der Waals surface area contributed by atoms with Crippen LogP contribution in [0.1, 0.15) is 18.2 Å². The zero-order valence-electron chi connectivity index (χ0n) is 11.9. The molecule has 122 valence electrons. The van der Waals surface area contributed by atoms with Crippen LogP contribution in [0.5, 0.6) is 0 Å². The molecule has 0 radical (unpaired) electrons. The van der Waals surface area contributed by atoms with E-state index in [4.69, 9.17) is 4.74 Å². The van der Waals surface area contributed by atoms with Gasteiger partial charge in [-0.05, 0) is 52.7 Å². The van der Waals surface area contributed by atoms with Crippen molar-refractivity contribution < 1.29 is 22.3 Å². The van der Waals surface area contributed by atoms with Crippen molar-refractivity contribution in [3.05, 3.63) is 45.8 Å². The van der Waals surface area contributed by atoms with Crippen LogP contribution in [0.2, 0.25) is 0 Å². The quantitative estimate of drug-likeness (QED) is 0.693. The van der Waals surface area contributed by atoms with Gasteiger partial charge in [0.25, 0.3) is 0 Å². The number of benzene rings is 1. The van der Waals surface area contributed by atoms with E-state index in [-0.39, 0.29) is 29.1 Å². The Kier molecular flexibility index (Phi) is 5.12. The number of hydrogen-bond donors (Lipinski definition) is 0. The van der Waals surface area contributed by atoms with Crippen LogP contribution in [-0.4, -0.2) is 11.2 Å². The highest BCUT2D eigenvalue weighted by Crippen LogP contribution is 2.43. The van der Waals surface area contributed by atoms with Crippen LogP contribution in [0.4, 0.5) is 17.6 Å². The average Bonchev–Trinajstić information content (AvgIpc) is 2.77. The van der Waals surface area contributed by atoms with Crippen LogP contribution < -0.4 is 0 Å². The summed E-state index contributed by atoms with van der Waals surface area (Å²) in [5.74, 6) is -0.523. The van der Waals surface area contributed by atoms with Gasteiger partial charge in [-0.3, -0.25) is 0 Å². The van der Waals surface area contributed by atoms with E-state index in [0.29, 0.717) is 5.56 Å². The van der Waals surface area contributed by atoms with Crippen molar-refractivity contribution in [2.75, 3.05) is 6.61 Å². The molecule has 1 heterocycles. The van der Waals surface area contributed by atoms with Crippen molar-refractivity contribution >= 4 is 15.9 Å². The largest absolute Gasteiger partial charge is 0.432 e. The predicted molar refractivity (Wildman–Crippen MR) is 78.9 cm³/mol. The first-order valence-electron chi connectivity index (χ1n) is 6.54. The smallest absolute Gasteiger partial charge is 0.361 e. The summed E-state index contributed by atoms with van der Waals surface area (Å²) in [6.07, 6.45) is -4.68. The summed E-state index contributed by atoms with van der Waals surface area (Å²) in [6, 6.07) is 6.65. The van der Waals surface area contributed by atoms with E-state index in [0.717, 1.165) is 16.7 Å². The number of nitrogens with zero attached hydrogens (tertiary/aromatic N) is 2. The summed E-state index contributed by atoms with van der Waals surface area (Å²) in [5.41, 5.74) is -0.871. The van der Waals surface area contributed by atoms with Crippen LogP contribution in [0.15, 0.2) is 28.7 Å². The first kappa shape index (κ1) is 17.5. The third-order valence-corrected chi connectivity index (χ3v) is 3.90. The molecule has 0 unspecified atom stereocenters. The third-order valence-electron chi connectivity index (χ3n) is 3.13. The van der Waals surface area contributed by atoms with Crippen LogP contribution in [0.3, 0.4) is 0 Å². The lowest BCUT2D eigenvalue weighted by atomic mass is 10.1. The van der Waals surface area contributed by atoms with Crippen LogP contribution in [0, 0.1) is 17.1 Å². The summed E-state index contributed by atoms with van der Waals surface area (Å²) in [5, 5.41) is 9.27. The zero-order chi connectivity index (χ0) is 17.2. The molecule has 0 fully saturated rings. The number of rotatable bonds is 4. The van der Waals surface area contributed by atoms with Gasteiger partial charge < -0.3 is 9.30 Å². The molecule has 0 spiro atoms. The van der Waals surface area contributed by atoms with Crippen molar-refractivity contribution in [3.8, 4) is 17.3 Å². The fourth-order valence-corrected chi connectivity index (χ4v) is 2.90. The monoisotopic (exact) mass is 390 g/mol. The molecule has 0 N–H and O–H groups in total. The minimum absolute atomic E-state index is 0.0279. The molecule has 3 nitrogen and oxygen atoms in total. The molecule has 0 aliphatic heterocycles. The SMILES string of the molecule is CCOCn1c(-c2ccc(F)cc2)c(C#N)c(Br)c1C(F)(F)F. The maximum absolute atomic E-state index is 13.4. The molecule has 2 aromatic rings. The molecule has 2 rings (SSSR count). The molecule has 0 atom stereocenters. The standard InChI is InChI=1S/C15H11BrF4N2O/c1-2-23-8-22-13(9-3-5-10(17)6-4-9)11(7-21)12(16)14(22)15(18,19)20/h3-6H,2,8H2,1H3. The van der Waals surface area contributed by atoms with Crippen molar-refractivity contribution in [1.82, 2.24) is 4.57 Å². The molecule has 0 saturated carbocycles. The Morgan fingerprint density at radius 2 is 1.87 bits per heavy atom. The average molecular weight is 391 g/mol. The summed E-state index contributed by atoms with van der Waals surface area (Å²) in [6.45, 7) is 1.48. The van der Waals surface area contributed by atoms with E-state index >= 15 is 0 Å². The zero-order valence-corrected chi connectivity index (χ0v) is 13.5. The molecule has 1 aromatic heterocycles. The number of alkyl halides is 3. The van der Waals surface area contributed by atoms with Crippen LogP contribution in [0.25, 0.3) is 11.3 Å². The van der Waals surface area contributed by atoms with E-state index in [1.54, 1.807) is 13.0 Å². The fraction of sp³-hybridized carbons (Fsp3) is 0.267. The van der Waals surface area contributed by atoms with Gasteiger partial charge in [-0.1, -0.05) is 0 Å². The molecule has 0 amide bonds. The Morgan fingerprint density at radius 1 is 1.26 bits per heavy atom. The van der Waals surface area contributed by atoms with E-state index in [2.05, 4.69) is 15.9 Å². The van der Waals surface area contributed by atoms with Gasteiger partial charge in [-0.15, -0.1) is 0 Å². The van der Waals surface area contributed by atoms with Crippen molar-refractivity contribution in [3.63, 3.8) is 0 Å². The lowest BCUT2D eigenvalue weighted by Gasteiger charge is -2.15. The molecule has 8 heteroatoms. The molecule has 0 saturated heterocycles. The molecular weight excluding hydrogens is 380 g/mol. The van der Waals surface area contributed by atoms with Crippen LogP contribution >= 0.6 is 15.9 Å². The van der Waals surface area contributed by atoms with Crippen molar-refractivity contribution in [1.29, 1.82) is 5.26 Å². The molecule has 1 aromatic carbocycles. The van der Waals surface area contributed by atoms with Gasteiger partial charge in [0.05, 0.1) is 15.7 Å². The molecule has 0 bridgehead atoms. The van der Waals surface area contributed by atoms with Gasteiger partial charge in [0.15, 0.2) is 0 Å². The lowest BCUT2D eigenvalue weighted by molar-refractivity contribution is -0.146. The first-order valence-corrected chi connectivity index (χ1v) is 7.33. The summed E-state index contributed by atoms with van der Waals surface area (Å²) in [7, 11) is 0. The second-order valence-electron chi connectivity index (χ2n) is 4.55. The Hall–Kier alpha value is -1.85. The lowest BCUT2D eigenvalue weighted by Crippen LogP contribution is -2.16. The molecule has 0 aliphatic carbocycles. The Balaban J connectivity index is 2.77. The summed E-state index contributed by atoms with van der Waals surface area (Å²) in [4.78, 5) is 0. The summed E-state index contributed by atoms with van der Waals surface area (Å²) < 4.78 is 58.8. The first-order chi connectivity index (χ1) is 10.8. The van der Waals surface area contributed by atoms with Crippen molar-refractivity contribution in [2.24, 2.45) is 0 Å². The van der Waals surface area contributed by atoms with Crippen LogP contribution in [-0.2, 0) is 17.6 Å². The Morgan fingerprint density at radius 3 is 2.35 bits per heavy atom. The number of hydrogen-bond acceptors (Lipinski definition) is 2. The van der Waals surface area contributed by atoms with Gasteiger partial charge in [-0.2, -0.15) is 18.4 Å². The van der Waals surface area contributed by atoms with Gasteiger partial charge in [0, 0.05) is 6.61 Å². The van der Waals surface area contributed by atoms with Gasteiger partial charge in [0.1, 0.15) is 24.3 Å². The minimum Gasteiger partial charge on any atom is -0.361 e. The number of nitriles is 1. The molecule has 23 heavy (non-hydrogen) atoms. The maximum atomic E-state index is 13.4. The highest BCUT2D eigenvalue weighted by molar-refractivity contribution is 9.10. The Bertz CT molecular complexity index is 745. The van der Waals surface area contributed by atoms with Gasteiger partial charge in [0.2, 0.25) is 0 Å². The van der Waals surface area contributed by atoms with Crippen molar-refractivity contribution in [2.45, 2.75) is 19.8 Å². The minimum atomic E-state index is -4.68. The van der Waals surface area contributed by atoms with E-state index in [1.165, 1.54) is 12.1 Å². The second kappa shape index (κ2) is 6.72. The van der Waals surface area contributed by atoms with E-state index in [9.17, 15) is 22.8 Å². The Labute approximate surface area is 138 Å². The fourth-order valence-electron chi connectivity index (χ4n) is 2.19. The van der Waals surface area contributed by atoms with Gasteiger partial charge >= 0.3 is 6.18 Å². The number of aromatic nitrogens is 1. The third kappa shape index (κ3) is 3.41. The predicted octanol–water partition coefficient (Wildman–Crippen LogP) is 4.94. The van der Waals surface area contributed by atoms with Gasteiger partial charge in [-0.25, -0.2) is 4.39 Å². The summed E-state index contributed by atoms with van der Waals surface area (Å²) >= 11 is 2.86. The normalized spacial score (nSPS) is 11.5. The highest BCUT2D eigenvalue weighted by Gasteiger charge is 2.40. The number of halogens is 5. The van der Waals surface area contributed by atoms with E-state index in [1.807, 2.05) is 0 Å². The maximum Gasteiger partial charge on any atom is 0.432 e. The topological polar surface area (TPSA) is 38.0 Å². The number of ether oxygens (including phenoxy) is 1. The van der Waals surface area contributed by atoms with E-state index < -0.39 is 17.7 Å². The highest BCUT2D eigenvalue weighted by atomic mass is 79.9. The second-order valence-corrected chi connectivity index (χ2v) is 5.35. The molecule has 0 aliphatic rings. The molecular formula is C15H11BrF4N2O.